The number of halogens is 1. The fourth-order valence-corrected chi connectivity index (χ4v) is 3.23. The van der Waals surface area contributed by atoms with E-state index in [4.69, 9.17) is 4.74 Å². The normalized spacial score (nSPS) is 17.0. The number of aromatic nitrogens is 1. The lowest BCUT2D eigenvalue weighted by atomic mass is 10.1. The Morgan fingerprint density at radius 3 is 2.68 bits per heavy atom. The van der Waals surface area contributed by atoms with Crippen molar-refractivity contribution in [3.8, 4) is 5.75 Å². The van der Waals surface area contributed by atoms with E-state index in [-0.39, 0.29) is 18.3 Å². The molecule has 0 saturated carbocycles. The minimum absolute atomic E-state index is 0.0281. The van der Waals surface area contributed by atoms with Crippen molar-refractivity contribution >= 4 is 17.4 Å². The number of carbonyl (C=O) groups excluding carboxylic acids is 1. The van der Waals surface area contributed by atoms with Crippen molar-refractivity contribution in [3.05, 3.63) is 48.4 Å². The summed E-state index contributed by atoms with van der Waals surface area (Å²) in [6.07, 6.45) is 4.65. The Labute approximate surface area is 165 Å². The molecule has 28 heavy (non-hydrogen) atoms. The smallest absolute Gasteiger partial charge is 0.260 e. The number of hydrogen-bond acceptors (Lipinski definition) is 5. The maximum Gasteiger partial charge on any atom is 0.260 e. The van der Waals surface area contributed by atoms with Crippen molar-refractivity contribution in [1.82, 2.24) is 9.88 Å². The van der Waals surface area contributed by atoms with E-state index in [2.05, 4.69) is 10.3 Å². The summed E-state index contributed by atoms with van der Waals surface area (Å²) in [5.41, 5.74) is 0.995. The van der Waals surface area contributed by atoms with E-state index in [9.17, 15) is 9.18 Å². The molecule has 7 heteroatoms. The summed E-state index contributed by atoms with van der Waals surface area (Å²) >= 11 is 0. The summed E-state index contributed by atoms with van der Waals surface area (Å²) in [6.45, 7) is 1.38. The zero-order valence-electron chi connectivity index (χ0n) is 16.4. The largest absolute Gasteiger partial charge is 0.484 e. The van der Waals surface area contributed by atoms with Gasteiger partial charge >= 0.3 is 0 Å². The summed E-state index contributed by atoms with van der Waals surface area (Å²) in [7, 11) is 3.93. The quantitative estimate of drug-likeness (QED) is 0.827. The number of rotatable bonds is 6. The molecule has 1 atom stereocenters. The molecular weight excluding hydrogens is 359 g/mol. The predicted molar refractivity (Wildman–Crippen MR) is 108 cm³/mol. The molecule has 1 saturated heterocycles. The van der Waals surface area contributed by atoms with Crippen LogP contribution in [-0.2, 0) is 4.79 Å². The van der Waals surface area contributed by atoms with Crippen molar-refractivity contribution in [2.75, 3.05) is 44.0 Å². The summed E-state index contributed by atoms with van der Waals surface area (Å²) in [5.74, 6) is 1.06. The molecule has 1 aromatic carbocycles. The maximum atomic E-state index is 12.9. The standard InChI is InChI=1S/C21H27FN4O2/c1-25(2)20-10-7-18(14-23-20)24-17-4-3-12-26(13-11-17)21(27)15-28-19-8-5-16(22)6-9-19/h5-10,14,17,24H,3-4,11-13,15H2,1-2H3. The molecule has 0 radical (unpaired) electrons. The third-order valence-corrected chi connectivity index (χ3v) is 4.83. The van der Waals surface area contributed by atoms with Crippen molar-refractivity contribution in [1.29, 1.82) is 0 Å². The van der Waals surface area contributed by atoms with Gasteiger partial charge in [-0.3, -0.25) is 4.79 Å². The topological polar surface area (TPSA) is 57.7 Å². The zero-order chi connectivity index (χ0) is 19.9. The van der Waals surface area contributed by atoms with Crippen molar-refractivity contribution < 1.29 is 13.9 Å². The van der Waals surface area contributed by atoms with Gasteiger partial charge in [-0.15, -0.1) is 0 Å². The van der Waals surface area contributed by atoms with E-state index in [0.29, 0.717) is 18.3 Å². The molecular formula is C21H27FN4O2. The average molecular weight is 386 g/mol. The second-order valence-corrected chi connectivity index (χ2v) is 7.20. The number of pyridine rings is 1. The highest BCUT2D eigenvalue weighted by molar-refractivity contribution is 5.77. The lowest BCUT2D eigenvalue weighted by Gasteiger charge is -2.21. The molecule has 1 aliphatic heterocycles. The molecule has 1 unspecified atom stereocenters. The van der Waals surface area contributed by atoms with Crippen molar-refractivity contribution in [3.63, 3.8) is 0 Å². The van der Waals surface area contributed by atoms with Crippen molar-refractivity contribution in [2.45, 2.75) is 25.3 Å². The van der Waals surface area contributed by atoms with Gasteiger partial charge < -0.3 is 19.9 Å². The van der Waals surface area contributed by atoms with E-state index in [1.165, 1.54) is 24.3 Å². The molecule has 0 aliphatic carbocycles. The Bertz CT molecular complexity index is 765. The third-order valence-electron chi connectivity index (χ3n) is 4.83. The van der Waals surface area contributed by atoms with Gasteiger partial charge in [0.05, 0.1) is 11.9 Å². The Morgan fingerprint density at radius 1 is 1.21 bits per heavy atom. The lowest BCUT2D eigenvalue weighted by Crippen LogP contribution is -2.36. The van der Waals surface area contributed by atoms with Crippen molar-refractivity contribution in [2.24, 2.45) is 0 Å². The minimum atomic E-state index is -0.323. The Kier molecular flexibility index (Phi) is 6.68. The van der Waals surface area contributed by atoms with E-state index >= 15 is 0 Å². The van der Waals surface area contributed by atoms with Gasteiger partial charge in [-0.2, -0.15) is 0 Å². The number of nitrogens with zero attached hydrogens (tertiary/aromatic N) is 3. The highest BCUT2D eigenvalue weighted by Crippen LogP contribution is 2.19. The van der Waals surface area contributed by atoms with Crippen LogP contribution >= 0.6 is 0 Å². The van der Waals surface area contributed by atoms with Crippen LogP contribution in [0.15, 0.2) is 42.6 Å². The molecule has 0 spiro atoms. The molecule has 1 N–H and O–H groups in total. The minimum Gasteiger partial charge on any atom is -0.484 e. The van der Waals surface area contributed by atoms with Gasteiger partial charge in [0.2, 0.25) is 0 Å². The first-order valence-corrected chi connectivity index (χ1v) is 9.57. The second kappa shape index (κ2) is 9.39. The first-order chi connectivity index (χ1) is 13.5. The van der Waals surface area contributed by atoms with E-state index < -0.39 is 0 Å². The number of nitrogens with one attached hydrogen (secondary N) is 1. The monoisotopic (exact) mass is 386 g/mol. The fraction of sp³-hybridized carbons (Fsp3) is 0.429. The molecule has 1 fully saturated rings. The summed E-state index contributed by atoms with van der Waals surface area (Å²) in [6, 6.07) is 10.0. The molecule has 3 rings (SSSR count). The SMILES string of the molecule is CN(C)c1ccc(NC2CCCN(C(=O)COc3ccc(F)cc3)CC2)cn1. The van der Waals surface area contributed by atoms with Crippen LogP contribution in [0.25, 0.3) is 0 Å². The highest BCUT2D eigenvalue weighted by atomic mass is 19.1. The molecule has 2 aromatic rings. The van der Waals surface area contributed by atoms with Crippen LogP contribution in [-0.4, -0.2) is 55.6 Å². The molecule has 0 bridgehead atoms. The molecule has 6 nitrogen and oxygen atoms in total. The first kappa shape index (κ1) is 19.9. The summed E-state index contributed by atoms with van der Waals surface area (Å²) < 4.78 is 18.4. The van der Waals surface area contributed by atoms with Gasteiger partial charge in [-0.05, 0) is 55.7 Å². The molecule has 1 amide bonds. The van der Waals surface area contributed by atoms with E-state index in [0.717, 1.165) is 37.3 Å². The summed E-state index contributed by atoms with van der Waals surface area (Å²) in [4.78, 5) is 20.7. The summed E-state index contributed by atoms with van der Waals surface area (Å²) in [5, 5.41) is 3.52. The number of carbonyl (C=O) groups is 1. The van der Waals surface area contributed by atoms with Crippen LogP contribution in [0.4, 0.5) is 15.9 Å². The Hall–Kier alpha value is -2.83. The van der Waals surface area contributed by atoms with Gasteiger partial charge in [-0.25, -0.2) is 9.37 Å². The van der Waals surface area contributed by atoms with Crippen LogP contribution in [0.1, 0.15) is 19.3 Å². The third kappa shape index (κ3) is 5.58. The second-order valence-electron chi connectivity index (χ2n) is 7.20. The van der Waals surface area contributed by atoms with Crippen LogP contribution in [0, 0.1) is 5.82 Å². The van der Waals surface area contributed by atoms with Crippen LogP contribution in [0.2, 0.25) is 0 Å². The van der Waals surface area contributed by atoms with Gasteiger partial charge in [0.15, 0.2) is 6.61 Å². The Balaban J connectivity index is 1.47. The van der Waals surface area contributed by atoms with E-state index in [1.54, 1.807) is 0 Å². The van der Waals surface area contributed by atoms with Crippen LogP contribution in [0.5, 0.6) is 5.75 Å². The Morgan fingerprint density at radius 2 is 2.00 bits per heavy atom. The number of ether oxygens (including phenoxy) is 1. The fourth-order valence-electron chi connectivity index (χ4n) is 3.23. The molecule has 150 valence electrons. The van der Waals surface area contributed by atoms with E-state index in [1.807, 2.05) is 42.2 Å². The predicted octanol–water partition coefficient (Wildman–Crippen LogP) is 3.16. The van der Waals surface area contributed by atoms with Crippen LogP contribution in [0.3, 0.4) is 0 Å². The number of amides is 1. The molecule has 1 aliphatic rings. The van der Waals surface area contributed by atoms with Gasteiger partial charge in [0.1, 0.15) is 17.4 Å². The van der Waals surface area contributed by atoms with Crippen LogP contribution < -0.4 is 15.0 Å². The van der Waals surface area contributed by atoms with Gasteiger partial charge in [-0.1, -0.05) is 0 Å². The maximum absolute atomic E-state index is 12.9. The number of benzene rings is 1. The van der Waals surface area contributed by atoms with Gasteiger partial charge in [0, 0.05) is 33.2 Å². The highest BCUT2D eigenvalue weighted by Gasteiger charge is 2.21. The van der Waals surface area contributed by atoms with Gasteiger partial charge in [0.25, 0.3) is 5.91 Å². The first-order valence-electron chi connectivity index (χ1n) is 9.57. The number of hydrogen-bond donors (Lipinski definition) is 1. The number of likely N-dealkylation sites (tertiary alicyclic amines) is 1. The lowest BCUT2D eigenvalue weighted by molar-refractivity contribution is -0.133. The molecule has 1 aromatic heterocycles. The zero-order valence-corrected chi connectivity index (χ0v) is 16.4. The number of anilines is 2. The molecule has 2 heterocycles. The average Bonchev–Trinajstić information content (AvgIpc) is 2.93.